The van der Waals surface area contributed by atoms with E-state index < -0.39 is 11.1 Å². The van der Waals surface area contributed by atoms with Crippen molar-refractivity contribution < 1.29 is 42.9 Å². The zero-order valence-corrected chi connectivity index (χ0v) is 44.7. The molecule has 10 aromatic carbocycles. The summed E-state index contributed by atoms with van der Waals surface area (Å²) in [6.45, 7) is 3.03. The second-order valence-corrected chi connectivity index (χ2v) is 20.6. The molecular weight excluding hydrogens is 1020 g/mol. The van der Waals surface area contributed by atoms with E-state index >= 15 is 0 Å². The monoisotopic (exact) mass is 1080 g/mol. The number of rotatable bonds is 17. The summed E-state index contributed by atoms with van der Waals surface area (Å²) < 4.78 is 30.0. The molecule has 82 heavy (non-hydrogen) atoms. The van der Waals surface area contributed by atoms with Crippen LogP contribution in [0.15, 0.2) is 243 Å². The van der Waals surface area contributed by atoms with E-state index in [-0.39, 0.29) is 29.5 Å². The normalized spacial score (nSPS) is 17.5. The van der Waals surface area contributed by atoms with Crippen molar-refractivity contribution in [3.8, 4) is 40.2 Å². The minimum absolute atomic E-state index is 0.0360. The number of hydrogen-bond donors (Lipinski definition) is 1. The van der Waals surface area contributed by atoms with Crippen LogP contribution >= 0.6 is 0 Å². The van der Waals surface area contributed by atoms with Crippen LogP contribution in [0.3, 0.4) is 0 Å². The Kier molecular flexibility index (Phi) is 13.1. The molecule has 0 aliphatic carbocycles. The van der Waals surface area contributed by atoms with Gasteiger partial charge in [0.15, 0.2) is 11.6 Å². The highest BCUT2D eigenvalue weighted by Crippen LogP contribution is 2.50. The van der Waals surface area contributed by atoms with Crippen LogP contribution in [0.4, 0.5) is 0 Å². The Bertz CT molecular complexity index is 4050. The maximum Gasteiger partial charge on any atom is 0.255 e. The third-order valence-electron chi connectivity index (χ3n) is 15.6. The minimum Gasteiger partial charge on any atom is -0.497 e. The van der Waals surface area contributed by atoms with Gasteiger partial charge in [-0.2, -0.15) is 0 Å². The number of benzene rings is 10. The Morgan fingerprint density at radius 3 is 1.23 bits per heavy atom. The largest absolute Gasteiger partial charge is 0.497 e. The lowest BCUT2D eigenvalue weighted by molar-refractivity contribution is 0.0658. The highest BCUT2D eigenvalue weighted by Gasteiger charge is 2.53. The molecule has 11 heteroatoms. The first-order valence-electron chi connectivity index (χ1n) is 27.0. The number of ether oxygens (including phenoxy) is 5. The fraction of sp³-hybridized carbons (Fsp3) is 0.0986. The first-order chi connectivity index (χ1) is 40.1. The second kappa shape index (κ2) is 21.0. The summed E-state index contributed by atoms with van der Waals surface area (Å²) in [5.41, 5.74) is 7.77. The lowest BCUT2D eigenvalue weighted by atomic mass is 9.77. The number of fused-ring (bicyclic) bond motifs is 2. The lowest BCUT2D eigenvalue weighted by Gasteiger charge is -2.40. The molecule has 400 valence electrons. The van der Waals surface area contributed by atoms with Gasteiger partial charge in [-0.3, -0.25) is 19.2 Å². The smallest absolute Gasteiger partial charge is 0.255 e. The topological polar surface area (TPSA) is 133 Å². The molecule has 13 rings (SSSR count). The molecule has 0 radical (unpaired) electrons. The molecule has 1 N–H and O–H groups in total. The second-order valence-electron chi connectivity index (χ2n) is 20.6. The van der Waals surface area contributed by atoms with Crippen LogP contribution in [0.2, 0.25) is 0 Å². The van der Waals surface area contributed by atoms with Gasteiger partial charge in [0.1, 0.15) is 51.3 Å². The fourth-order valence-corrected chi connectivity index (χ4v) is 11.4. The van der Waals surface area contributed by atoms with Gasteiger partial charge in [-0.15, -0.1) is 0 Å². The minimum atomic E-state index is -1.01. The number of carbonyl (C=O) groups excluding carboxylic acids is 4. The van der Waals surface area contributed by atoms with Crippen molar-refractivity contribution in [3.05, 3.63) is 315 Å². The number of ketones is 2. The summed E-state index contributed by atoms with van der Waals surface area (Å²) in [5, 5.41) is 3.30. The molecule has 0 saturated carbocycles. The van der Waals surface area contributed by atoms with E-state index in [1.165, 1.54) is 0 Å². The molecular formula is C71H52N2O9. The fourth-order valence-electron chi connectivity index (χ4n) is 11.4. The van der Waals surface area contributed by atoms with Gasteiger partial charge < -0.3 is 33.9 Å². The molecule has 2 amide bonds. The van der Waals surface area contributed by atoms with Crippen LogP contribution in [0.5, 0.6) is 40.2 Å². The Labute approximate surface area is 473 Å². The first kappa shape index (κ1) is 51.1. The Balaban J connectivity index is 0.677. The summed E-state index contributed by atoms with van der Waals surface area (Å²) >= 11 is 0. The molecule has 3 aliphatic heterocycles. The highest BCUT2D eigenvalue weighted by molar-refractivity contribution is 6.10. The van der Waals surface area contributed by atoms with E-state index in [2.05, 4.69) is 5.32 Å². The Morgan fingerprint density at radius 2 is 0.817 bits per heavy atom. The number of epoxide rings is 1. The van der Waals surface area contributed by atoms with E-state index in [1.54, 1.807) is 79.9 Å². The molecule has 11 nitrogen and oxygen atoms in total. The van der Waals surface area contributed by atoms with Crippen LogP contribution in [0, 0.1) is 6.92 Å². The number of hydrogen-bond acceptors (Lipinski definition) is 9. The Morgan fingerprint density at radius 1 is 0.463 bits per heavy atom. The van der Waals surface area contributed by atoms with Gasteiger partial charge in [0, 0.05) is 33.4 Å². The summed E-state index contributed by atoms with van der Waals surface area (Å²) in [4.78, 5) is 56.5. The van der Waals surface area contributed by atoms with Crippen molar-refractivity contribution in [2.24, 2.45) is 0 Å². The van der Waals surface area contributed by atoms with E-state index in [1.807, 2.05) is 182 Å². The summed E-state index contributed by atoms with van der Waals surface area (Å²) in [6, 6.07) is 74.9. The number of nitrogens with one attached hydrogen (secondary N) is 1. The lowest BCUT2D eigenvalue weighted by Crippen LogP contribution is -2.47. The molecule has 3 atom stereocenters. The van der Waals surface area contributed by atoms with Gasteiger partial charge in [-0.05, 0) is 174 Å². The number of nitrogens with zero attached hydrogens (tertiary/aromatic N) is 1. The first-order valence-corrected chi connectivity index (χ1v) is 27.0. The quantitative estimate of drug-likeness (QED) is 0.0699. The molecule has 1 saturated heterocycles. The van der Waals surface area contributed by atoms with Crippen molar-refractivity contribution in [1.29, 1.82) is 0 Å². The average Bonchev–Trinajstić information content (AvgIpc) is 3.67. The van der Waals surface area contributed by atoms with Gasteiger partial charge in [-0.25, -0.2) is 0 Å². The summed E-state index contributed by atoms with van der Waals surface area (Å²) in [6.07, 6.45) is -0.0360. The van der Waals surface area contributed by atoms with Gasteiger partial charge in [0.05, 0.1) is 26.4 Å². The summed E-state index contributed by atoms with van der Waals surface area (Å²) in [7, 11) is 1.63. The van der Waals surface area contributed by atoms with Crippen molar-refractivity contribution >= 4 is 23.4 Å². The van der Waals surface area contributed by atoms with Crippen LogP contribution in [-0.4, -0.2) is 54.6 Å². The van der Waals surface area contributed by atoms with Crippen molar-refractivity contribution in [1.82, 2.24) is 10.2 Å². The number of methoxy groups -OCH3 is 1. The van der Waals surface area contributed by atoms with Crippen LogP contribution in [0.1, 0.15) is 91.5 Å². The maximum absolute atomic E-state index is 14.2. The van der Waals surface area contributed by atoms with E-state index in [9.17, 15) is 19.2 Å². The van der Waals surface area contributed by atoms with Gasteiger partial charge >= 0.3 is 0 Å². The van der Waals surface area contributed by atoms with Gasteiger partial charge in [-0.1, -0.05) is 115 Å². The van der Waals surface area contributed by atoms with Gasteiger partial charge in [0.25, 0.3) is 11.8 Å². The highest BCUT2D eigenvalue weighted by atomic mass is 16.6. The molecule has 0 spiro atoms. The van der Waals surface area contributed by atoms with Crippen molar-refractivity contribution in [2.75, 3.05) is 20.3 Å². The maximum atomic E-state index is 14.2. The number of carbonyl (C=O) groups is 4. The molecule has 3 unspecified atom stereocenters. The predicted molar refractivity (Wildman–Crippen MR) is 311 cm³/mol. The van der Waals surface area contributed by atoms with Crippen LogP contribution in [0.25, 0.3) is 0 Å². The molecule has 0 aromatic heterocycles. The van der Waals surface area contributed by atoms with Crippen molar-refractivity contribution in [2.45, 2.75) is 24.1 Å². The Hall–Kier alpha value is -10.4. The molecule has 1 fully saturated rings. The third-order valence-corrected chi connectivity index (χ3v) is 15.6. The molecule has 3 aliphatic rings. The number of aryl methyl sites for hydroxylation is 1. The SMILES string of the molecule is COc1ccc(C2(c3ccc(Oc4ccc(C(=O)c5ccc(Oc6ccc(C7(c8ccc(Oc9ccc(C(=O)c%10ccc(C)cc%10)cc9)cc8)NC(=O)c8ccccc87)cc6)cc5)cc4)cc3)c3ccccc3C(=O)N2CC2CO2)cc1. The molecule has 3 heterocycles. The van der Waals surface area contributed by atoms with Crippen LogP contribution < -0.4 is 24.3 Å². The van der Waals surface area contributed by atoms with E-state index in [4.69, 9.17) is 23.7 Å². The standard InChI is InChI=1S/C71H52N2O9/c1-45-11-13-46(14-12-45)66(74)47-15-29-55(30-16-47)80-58-37-21-50(22-38-58)70(64-9-5-3-7-62(64)68(76)72-70)51-23-39-59(40-24-51)81-56-31-17-48(18-32-56)67(75)49-19-33-57(34-20-49)82-60-41-27-53(28-42-60)71(52-25-35-54(78-2)36-26-52)65-10-6-4-8-63(65)69(77)73(71)43-61-44-79-61/h3-42,61H,43-44H2,1-2H3,(H,72,76). The van der Waals surface area contributed by atoms with Crippen LogP contribution in [-0.2, 0) is 15.8 Å². The molecule has 10 aromatic rings. The third kappa shape index (κ3) is 9.32. The molecule has 0 bridgehead atoms. The zero-order chi connectivity index (χ0) is 56.0. The van der Waals surface area contributed by atoms with Gasteiger partial charge in [0.2, 0.25) is 0 Å². The average molecular weight is 1080 g/mol. The predicted octanol–water partition coefficient (Wildman–Crippen LogP) is 14.0. The summed E-state index contributed by atoms with van der Waals surface area (Å²) in [5.74, 6) is 3.69. The number of amides is 2. The zero-order valence-electron chi connectivity index (χ0n) is 44.7. The van der Waals surface area contributed by atoms with E-state index in [0.29, 0.717) is 81.0 Å². The van der Waals surface area contributed by atoms with E-state index in [0.717, 1.165) is 44.7 Å². The van der Waals surface area contributed by atoms with Crippen molar-refractivity contribution in [3.63, 3.8) is 0 Å².